The molecule has 3 rings (SSSR count). The van der Waals surface area contributed by atoms with Gasteiger partial charge in [0.05, 0.1) is 11.9 Å². The Morgan fingerprint density at radius 1 is 0.960 bits per heavy atom. The van der Waals surface area contributed by atoms with E-state index in [-0.39, 0.29) is 5.91 Å². The van der Waals surface area contributed by atoms with Crippen LogP contribution in [0.4, 0.5) is 11.5 Å². The minimum Gasteiger partial charge on any atom is -0.370 e. The molecule has 4 nitrogen and oxygen atoms in total. The molecule has 0 unspecified atom stereocenters. The molecule has 0 aliphatic heterocycles. The van der Waals surface area contributed by atoms with Crippen molar-refractivity contribution >= 4 is 33.3 Å². The predicted molar refractivity (Wildman–Crippen MR) is 105 cm³/mol. The molecule has 126 valence electrons. The number of rotatable bonds is 6. The monoisotopic (exact) mass is 395 g/mol. The second kappa shape index (κ2) is 8.44. The van der Waals surface area contributed by atoms with Gasteiger partial charge in [0.1, 0.15) is 5.82 Å². The summed E-state index contributed by atoms with van der Waals surface area (Å²) in [7, 11) is 0. The van der Waals surface area contributed by atoms with Gasteiger partial charge in [-0.25, -0.2) is 4.98 Å². The van der Waals surface area contributed by atoms with E-state index in [1.165, 1.54) is 5.56 Å². The first kappa shape index (κ1) is 17.2. The van der Waals surface area contributed by atoms with Crippen LogP contribution in [0.15, 0.2) is 77.4 Å². The number of nitrogens with one attached hydrogen (secondary N) is 2. The molecule has 0 aliphatic carbocycles. The van der Waals surface area contributed by atoms with E-state index in [1.54, 1.807) is 18.3 Å². The number of benzene rings is 2. The molecule has 2 aromatic carbocycles. The number of nitrogens with zero attached hydrogens (tertiary/aromatic N) is 1. The van der Waals surface area contributed by atoms with E-state index >= 15 is 0 Å². The summed E-state index contributed by atoms with van der Waals surface area (Å²) in [6.45, 7) is 0.807. The van der Waals surface area contributed by atoms with E-state index in [9.17, 15) is 4.79 Å². The first-order valence-corrected chi connectivity index (χ1v) is 8.81. The quantitative estimate of drug-likeness (QED) is 0.632. The molecule has 2 N–H and O–H groups in total. The Morgan fingerprint density at radius 2 is 1.72 bits per heavy atom. The van der Waals surface area contributed by atoms with Gasteiger partial charge in [0.25, 0.3) is 5.91 Å². The zero-order valence-corrected chi connectivity index (χ0v) is 15.2. The molecule has 1 heterocycles. The molecule has 25 heavy (non-hydrogen) atoms. The lowest BCUT2D eigenvalue weighted by Crippen LogP contribution is -2.12. The van der Waals surface area contributed by atoms with E-state index in [0.29, 0.717) is 11.3 Å². The van der Waals surface area contributed by atoms with Crippen molar-refractivity contribution in [1.82, 2.24) is 4.98 Å². The van der Waals surface area contributed by atoms with Crippen LogP contribution in [0.3, 0.4) is 0 Å². The lowest BCUT2D eigenvalue weighted by molar-refractivity contribution is 0.102. The maximum absolute atomic E-state index is 12.2. The molecule has 5 heteroatoms. The molecule has 0 spiro atoms. The van der Waals surface area contributed by atoms with Crippen molar-refractivity contribution in [2.24, 2.45) is 0 Å². The van der Waals surface area contributed by atoms with Gasteiger partial charge in [0, 0.05) is 16.6 Å². The van der Waals surface area contributed by atoms with Gasteiger partial charge in [-0.1, -0.05) is 46.3 Å². The number of carbonyl (C=O) groups excluding carboxylic acids is 1. The normalized spacial score (nSPS) is 10.3. The van der Waals surface area contributed by atoms with Gasteiger partial charge in [0.15, 0.2) is 0 Å². The number of amides is 1. The lowest BCUT2D eigenvalue weighted by Gasteiger charge is -2.08. The summed E-state index contributed by atoms with van der Waals surface area (Å²) in [5.74, 6) is 0.636. The molecule has 0 fully saturated rings. The van der Waals surface area contributed by atoms with Crippen LogP contribution < -0.4 is 10.6 Å². The van der Waals surface area contributed by atoms with E-state index in [0.717, 1.165) is 23.3 Å². The number of anilines is 2. The fraction of sp³-hybridized carbons (Fsp3) is 0.100. The van der Waals surface area contributed by atoms with Gasteiger partial charge in [-0.05, 0) is 48.4 Å². The van der Waals surface area contributed by atoms with Crippen molar-refractivity contribution in [3.63, 3.8) is 0 Å². The fourth-order valence-corrected chi connectivity index (χ4v) is 2.62. The van der Waals surface area contributed by atoms with E-state index in [1.807, 2.05) is 42.5 Å². The zero-order chi connectivity index (χ0) is 17.5. The van der Waals surface area contributed by atoms with Gasteiger partial charge < -0.3 is 10.6 Å². The zero-order valence-electron chi connectivity index (χ0n) is 13.6. The van der Waals surface area contributed by atoms with Crippen molar-refractivity contribution < 1.29 is 4.79 Å². The maximum atomic E-state index is 12.2. The summed E-state index contributed by atoms with van der Waals surface area (Å²) in [4.78, 5) is 16.5. The van der Waals surface area contributed by atoms with E-state index in [4.69, 9.17) is 0 Å². The van der Waals surface area contributed by atoms with Crippen molar-refractivity contribution in [3.05, 3.63) is 88.5 Å². The second-order valence-electron chi connectivity index (χ2n) is 5.56. The molecule has 0 aliphatic rings. The Morgan fingerprint density at radius 3 is 2.40 bits per heavy atom. The molecule has 1 amide bonds. The summed E-state index contributed by atoms with van der Waals surface area (Å²) >= 11 is 3.36. The van der Waals surface area contributed by atoms with E-state index < -0.39 is 0 Å². The largest absolute Gasteiger partial charge is 0.370 e. The number of aromatic nitrogens is 1. The van der Waals surface area contributed by atoms with Crippen molar-refractivity contribution in [1.29, 1.82) is 0 Å². The number of pyridine rings is 1. The standard InChI is InChI=1S/C20H18BrN3O/c21-17-8-6-16(7-9-17)20(25)24-18-10-11-19(23-14-18)22-13-12-15-4-2-1-3-5-15/h1-11,14H,12-13H2,(H,22,23)(H,24,25). The Balaban J connectivity index is 1.51. The summed E-state index contributed by atoms with van der Waals surface area (Å²) in [6, 6.07) is 21.2. The van der Waals surface area contributed by atoms with Gasteiger partial charge in [0.2, 0.25) is 0 Å². The Bertz CT molecular complexity index is 818. The van der Waals surface area contributed by atoms with Crippen molar-refractivity contribution in [2.75, 3.05) is 17.2 Å². The van der Waals surface area contributed by atoms with Gasteiger partial charge >= 0.3 is 0 Å². The number of hydrogen-bond donors (Lipinski definition) is 2. The third-order valence-corrected chi connectivity index (χ3v) is 4.22. The van der Waals surface area contributed by atoms with Gasteiger partial charge in [-0.15, -0.1) is 0 Å². The van der Waals surface area contributed by atoms with Gasteiger partial charge in [-0.3, -0.25) is 4.79 Å². The number of carbonyl (C=O) groups is 1. The number of halogens is 1. The molecule has 0 saturated carbocycles. The smallest absolute Gasteiger partial charge is 0.255 e. The average molecular weight is 396 g/mol. The van der Waals surface area contributed by atoms with Crippen molar-refractivity contribution in [3.8, 4) is 0 Å². The minimum absolute atomic E-state index is 0.154. The van der Waals surface area contributed by atoms with Crippen LogP contribution in [0.1, 0.15) is 15.9 Å². The van der Waals surface area contributed by atoms with E-state index in [2.05, 4.69) is 43.7 Å². The Labute approximate surface area is 155 Å². The maximum Gasteiger partial charge on any atom is 0.255 e. The van der Waals surface area contributed by atoms with Crippen LogP contribution in [0.25, 0.3) is 0 Å². The highest BCUT2D eigenvalue weighted by Crippen LogP contribution is 2.14. The SMILES string of the molecule is O=C(Nc1ccc(NCCc2ccccc2)nc1)c1ccc(Br)cc1. The first-order valence-electron chi connectivity index (χ1n) is 8.01. The van der Waals surface area contributed by atoms with Crippen LogP contribution in [0.5, 0.6) is 0 Å². The Hall–Kier alpha value is -2.66. The van der Waals surface area contributed by atoms with Crippen LogP contribution in [-0.4, -0.2) is 17.4 Å². The Kier molecular flexibility index (Phi) is 5.80. The highest BCUT2D eigenvalue weighted by molar-refractivity contribution is 9.10. The molecular formula is C20H18BrN3O. The second-order valence-corrected chi connectivity index (χ2v) is 6.47. The van der Waals surface area contributed by atoms with Crippen LogP contribution in [0, 0.1) is 0 Å². The highest BCUT2D eigenvalue weighted by Gasteiger charge is 2.06. The number of hydrogen-bond acceptors (Lipinski definition) is 3. The molecule has 0 radical (unpaired) electrons. The lowest BCUT2D eigenvalue weighted by atomic mass is 10.1. The summed E-state index contributed by atoms with van der Waals surface area (Å²) in [6.07, 6.45) is 2.59. The first-order chi connectivity index (χ1) is 12.2. The third kappa shape index (κ3) is 5.16. The molecule has 0 atom stereocenters. The van der Waals surface area contributed by atoms with Crippen LogP contribution in [0.2, 0.25) is 0 Å². The molecule has 0 bridgehead atoms. The average Bonchev–Trinajstić information content (AvgIpc) is 2.64. The highest BCUT2D eigenvalue weighted by atomic mass is 79.9. The fourth-order valence-electron chi connectivity index (χ4n) is 2.36. The van der Waals surface area contributed by atoms with Crippen LogP contribution in [-0.2, 0) is 6.42 Å². The molecule has 3 aromatic rings. The minimum atomic E-state index is -0.154. The third-order valence-electron chi connectivity index (χ3n) is 3.69. The molecule has 1 aromatic heterocycles. The van der Waals surface area contributed by atoms with Crippen LogP contribution >= 0.6 is 15.9 Å². The summed E-state index contributed by atoms with van der Waals surface area (Å²) < 4.78 is 0.941. The van der Waals surface area contributed by atoms with Gasteiger partial charge in [-0.2, -0.15) is 0 Å². The van der Waals surface area contributed by atoms with Crippen molar-refractivity contribution in [2.45, 2.75) is 6.42 Å². The topological polar surface area (TPSA) is 54.0 Å². The summed E-state index contributed by atoms with van der Waals surface area (Å²) in [5.41, 5.74) is 2.56. The molecule has 0 saturated heterocycles. The molecular weight excluding hydrogens is 378 g/mol. The predicted octanol–water partition coefficient (Wildman–Crippen LogP) is 4.75. The summed E-state index contributed by atoms with van der Waals surface area (Å²) in [5, 5.41) is 6.12.